The number of aliphatic hydroxyl groups excluding tert-OH is 1. The van der Waals surface area contributed by atoms with Gasteiger partial charge in [-0.3, -0.25) is 24.0 Å². The highest BCUT2D eigenvalue weighted by Crippen LogP contribution is 2.05. The number of carbonyl (C=O) groups excluding carboxylic acids is 4. The molecular formula is C19H29N7O9. The molecule has 1 aromatic heterocycles. The molecule has 0 spiro atoms. The van der Waals surface area contributed by atoms with Gasteiger partial charge >= 0.3 is 11.9 Å². The Morgan fingerprint density at radius 1 is 1.03 bits per heavy atom. The zero-order chi connectivity index (χ0) is 26.7. The summed E-state index contributed by atoms with van der Waals surface area (Å²) in [5, 5.41) is 34.5. The smallest absolute Gasteiger partial charge is 0.328 e. The molecular weight excluding hydrogens is 470 g/mol. The molecule has 0 aromatic carbocycles. The lowest BCUT2D eigenvalue weighted by molar-refractivity contribution is -0.145. The number of rotatable bonds is 15. The number of carbonyl (C=O) groups is 6. The molecule has 5 unspecified atom stereocenters. The quantitative estimate of drug-likeness (QED) is 0.112. The average Bonchev–Trinajstić information content (AvgIpc) is 3.25. The lowest BCUT2D eigenvalue weighted by Gasteiger charge is -2.25. The summed E-state index contributed by atoms with van der Waals surface area (Å²) in [7, 11) is 0. The minimum Gasteiger partial charge on any atom is -0.481 e. The molecule has 11 N–H and O–H groups in total. The van der Waals surface area contributed by atoms with Crippen molar-refractivity contribution in [3.63, 3.8) is 0 Å². The molecule has 1 rings (SSSR count). The molecule has 0 aliphatic heterocycles. The lowest BCUT2D eigenvalue weighted by Crippen LogP contribution is -2.59. The van der Waals surface area contributed by atoms with Gasteiger partial charge in [0.15, 0.2) is 6.04 Å². The van der Waals surface area contributed by atoms with E-state index in [1.807, 2.05) is 0 Å². The molecule has 0 saturated heterocycles. The molecule has 0 aliphatic rings. The molecule has 194 valence electrons. The number of aromatic amines is 1. The second kappa shape index (κ2) is 13.6. The van der Waals surface area contributed by atoms with E-state index in [2.05, 4.69) is 25.9 Å². The van der Waals surface area contributed by atoms with E-state index in [1.54, 1.807) is 0 Å². The van der Waals surface area contributed by atoms with Gasteiger partial charge in [0, 0.05) is 24.7 Å². The normalized spacial score (nSPS) is 15.1. The number of carboxylic acid groups (broad SMARTS) is 2. The molecule has 0 saturated carbocycles. The summed E-state index contributed by atoms with van der Waals surface area (Å²) in [5.41, 5.74) is 10.9. The van der Waals surface area contributed by atoms with E-state index in [9.17, 15) is 39.0 Å². The van der Waals surface area contributed by atoms with Crippen LogP contribution in [0, 0.1) is 0 Å². The maximum atomic E-state index is 12.9. The van der Waals surface area contributed by atoms with E-state index in [0.717, 1.165) is 6.92 Å². The maximum absolute atomic E-state index is 12.9. The minimum atomic E-state index is -1.68. The molecule has 1 aromatic rings. The molecule has 0 radical (unpaired) electrons. The van der Waals surface area contributed by atoms with E-state index in [1.165, 1.54) is 12.5 Å². The third-order valence-electron chi connectivity index (χ3n) is 4.70. The van der Waals surface area contributed by atoms with Crippen LogP contribution in [0.5, 0.6) is 0 Å². The summed E-state index contributed by atoms with van der Waals surface area (Å²) >= 11 is 0. The Morgan fingerprint density at radius 3 is 2.11 bits per heavy atom. The zero-order valence-corrected chi connectivity index (χ0v) is 18.8. The van der Waals surface area contributed by atoms with Crippen molar-refractivity contribution in [3.8, 4) is 0 Å². The fraction of sp³-hybridized carbons (Fsp3) is 0.526. The van der Waals surface area contributed by atoms with Crippen LogP contribution in [-0.2, 0) is 35.2 Å². The molecule has 5 atom stereocenters. The molecule has 16 nitrogen and oxygen atoms in total. The van der Waals surface area contributed by atoms with E-state index >= 15 is 0 Å². The van der Waals surface area contributed by atoms with Gasteiger partial charge in [0.2, 0.25) is 23.6 Å². The molecule has 16 heteroatoms. The summed E-state index contributed by atoms with van der Waals surface area (Å²) in [4.78, 5) is 77.8. The second-order valence-electron chi connectivity index (χ2n) is 7.68. The van der Waals surface area contributed by atoms with Crippen LogP contribution in [-0.4, -0.2) is 91.1 Å². The standard InChI is InChI=1S/C19H29N7O9/c1-8(27)15(19(34)35)26-18(33)12(4-9-6-22-7-23-9)25-17(32)11(2-3-14(29)30)24-16(31)10(20)5-13(21)28/h6-8,10-12,15,27H,2-5,20H2,1H3,(H2,21,28)(H,22,23)(H,24,31)(H,25,32)(H,26,33)(H,29,30)(H,34,35). The number of aromatic nitrogens is 2. The van der Waals surface area contributed by atoms with Gasteiger partial charge in [-0.25, -0.2) is 9.78 Å². The van der Waals surface area contributed by atoms with Gasteiger partial charge in [0.1, 0.15) is 12.1 Å². The van der Waals surface area contributed by atoms with Crippen LogP contribution < -0.4 is 27.4 Å². The highest BCUT2D eigenvalue weighted by molar-refractivity contribution is 5.95. The van der Waals surface area contributed by atoms with Crippen LogP contribution in [0.25, 0.3) is 0 Å². The molecule has 4 amide bonds. The van der Waals surface area contributed by atoms with Gasteiger partial charge in [-0.05, 0) is 13.3 Å². The van der Waals surface area contributed by atoms with Crippen molar-refractivity contribution in [2.24, 2.45) is 11.5 Å². The first-order valence-corrected chi connectivity index (χ1v) is 10.4. The molecule has 35 heavy (non-hydrogen) atoms. The monoisotopic (exact) mass is 499 g/mol. The molecule has 0 bridgehead atoms. The maximum Gasteiger partial charge on any atom is 0.328 e. The van der Waals surface area contributed by atoms with Crippen LogP contribution in [0.3, 0.4) is 0 Å². The average molecular weight is 499 g/mol. The summed E-state index contributed by atoms with van der Waals surface area (Å²) in [5.74, 6) is -6.57. The van der Waals surface area contributed by atoms with Gasteiger partial charge in [-0.2, -0.15) is 0 Å². The SMILES string of the molecule is CC(O)C(NC(=O)C(Cc1cnc[nH]1)NC(=O)C(CCC(=O)O)NC(=O)C(N)CC(N)=O)C(=O)O. The van der Waals surface area contributed by atoms with Gasteiger partial charge < -0.3 is 47.7 Å². The largest absolute Gasteiger partial charge is 0.481 e. The minimum absolute atomic E-state index is 0.190. The van der Waals surface area contributed by atoms with Crippen LogP contribution in [0.2, 0.25) is 0 Å². The number of H-pyrrole nitrogens is 1. The van der Waals surface area contributed by atoms with Gasteiger partial charge in [0.25, 0.3) is 0 Å². The van der Waals surface area contributed by atoms with Gasteiger partial charge in [-0.15, -0.1) is 0 Å². The second-order valence-corrected chi connectivity index (χ2v) is 7.68. The number of aliphatic carboxylic acids is 2. The van der Waals surface area contributed by atoms with E-state index < -0.39 is 78.7 Å². The van der Waals surface area contributed by atoms with E-state index in [-0.39, 0.29) is 12.8 Å². The highest BCUT2D eigenvalue weighted by Gasteiger charge is 2.32. The van der Waals surface area contributed by atoms with Crippen molar-refractivity contribution < 1.29 is 44.1 Å². The first-order valence-electron chi connectivity index (χ1n) is 10.4. The number of aliphatic hydroxyl groups is 1. The van der Waals surface area contributed by atoms with Crippen molar-refractivity contribution in [2.75, 3.05) is 0 Å². The van der Waals surface area contributed by atoms with E-state index in [4.69, 9.17) is 16.6 Å². The number of amides is 4. The predicted molar refractivity (Wildman–Crippen MR) is 116 cm³/mol. The Bertz CT molecular complexity index is 920. The van der Waals surface area contributed by atoms with Crippen molar-refractivity contribution in [1.29, 1.82) is 0 Å². The Labute approximate surface area is 198 Å². The number of nitrogens with one attached hydrogen (secondary N) is 4. The van der Waals surface area contributed by atoms with Crippen molar-refractivity contribution in [1.82, 2.24) is 25.9 Å². The number of primary amides is 1. The van der Waals surface area contributed by atoms with Crippen LogP contribution >= 0.6 is 0 Å². The van der Waals surface area contributed by atoms with Crippen LogP contribution in [0.4, 0.5) is 0 Å². The van der Waals surface area contributed by atoms with Crippen molar-refractivity contribution >= 4 is 35.6 Å². The predicted octanol–water partition coefficient (Wildman–Crippen LogP) is -4.06. The van der Waals surface area contributed by atoms with E-state index in [0.29, 0.717) is 5.69 Å². The number of nitrogens with zero attached hydrogens (tertiary/aromatic N) is 1. The summed E-state index contributed by atoms with van der Waals surface area (Å²) < 4.78 is 0. The molecule has 0 fully saturated rings. The fourth-order valence-electron chi connectivity index (χ4n) is 2.87. The number of hydrogen-bond donors (Lipinski definition) is 9. The van der Waals surface area contributed by atoms with Crippen molar-refractivity contribution in [3.05, 3.63) is 18.2 Å². The fourth-order valence-corrected chi connectivity index (χ4v) is 2.87. The van der Waals surface area contributed by atoms with Crippen LogP contribution in [0.15, 0.2) is 12.5 Å². The first-order chi connectivity index (χ1) is 16.3. The number of nitrogens with two attached hydrogens (primary N) is 2. The third kappa shape index (κ3) is 10.2. The zero-order valence-electron chi connectivity index (χ0n) is 18.8. The Kier molecular flexibility index (Phi) is 11.3. The highest BCUT2D eigenvalue weighted by atomic mass is 16.4. The summed E-state index contributed by atoms with van der Waals surface area (Å²) in [6, 6.07) is -5.97. The number of imidazole rings is 1. The molecule has 0 aliphatic carbocycles. The Morgan fingerprint density at radius 2 is 1.63 bits per heavy atom. The summed E-state index contributed by atoms with van der Waals surface area (Å²) in [6.45, 7) is 1.15. The van der Waals surface area contributed by atoms with Gasteiger partial charge in [0.05, 0.1) is 24.9 Å². The third-order valence-corrected chi connectivity index (χ3v) is 4.70. The topological polar surface area (TPSA) is 280 Å². The lowest BCUT2D eigenvalue weighted by atomic mass is 10.1. The van der Waals surface area contributed by atoms with Crippen molar-refractivity contribution in [2.45, 2.75) is 62.9 Å². The van der Waals surface area contributed by atoms with Crippen LogP contribution in [0.1, 0.15) is 31.9 Å². The Hall–Kier alpha value is -4.05. The Balaban J connectivity index is 3.09. The number of carboxylic acids is 2. The summed E-state index contributed by atoms with van der Waals surface area (Å²) in [6.07, 6.45) is -0.455. The van der Waals surface area contributed by atoms with Gasteiger partial charge in [-0.1, -0.05) is 0 Å². The molecule has 1 heterocycles. The first kappa shape index (κ1) is 29.0. The number of hydrogen-bond acceptors (Lipinski definition) is 9.